The topological polar surface area (TPSA) is 78.8 Å². The number of benzene rings is 4. The number of nitrogens with one attached hydrogen (secondary N) is 1. The number of amides is 3. The number of carbonyl (C=O) groups excluding carboxylic acids is 3. The van der Waals surface area contributed by atoms with Gasteiger partial charge in [0.05, 0.1) is 22.9 Å². The average Bonchev–Trinajstić information content (AvgIpc) is 3.24. The highest BCUT2D eigenvalue weighted by molar-refractivity contribution is 6.25. The fraction of sp³-hybridized carbons (Fsp3) is 0.176. The Morgan fingerprint density at radius 3 is 2.10 bits per heavy atom. The standard InChI is InChI=1S/C34H27N3O3/c1-20-16-17-27(21(2)18-20)37-32(39)29-28-23-12-6-8-14-25(23)34(30(29)33(37)40,26-15-9-7-13-24(26)28)19-35-36-31(38)22-10-4-3-5-11-22/h3-19,28-30H,1-2H3,(H,36,38)/b35-19-/t28?,29-,30-,34?/m0/s1. The third-order valence-corrected chi connectivity index (χ3v) is 8.75. The fourth-order valence-corrected chi connectivity index (χ4v) is 7.19. The zero-order chi connectivity index (χ0) is 27.6. The highest BCUT2D eigenvalue weighted by Gasteiger charge is 2.68. The van der Waals surface area contributed by atoms with Crippen molar-refractivity contribution in [1.29, 1.82) is 0 Å². The van der Waals surface area contributed by atoms with Gasteiger partial charge in [0.15, 0.2) is 0 Å². The first-order valence-electron chi connectivity index (χ1n) is 13.5. The van der Waals surface area contributed by atoms with Gasteiger partial charge >= 0.3 is 0 Å². The summed E-state index contributed by atoms with van der Waals surface area (Å²) in [5, 5.41) is 4.48. The lowest BCUT2D eigenvalue weighted by atomic mass is 9.47. The van der Waals surface area contributed by atoms with Gasteiger partial charge in [0, 0.05) is 17.7 Å². The minimum Gasteiger partial charge on any atom is -0.274 e. The van der Waals surface area contributed by atoms with E-state index >= 15 is 0 Å². The summed E-state index contributed by atoms with van der Waals surface area (Å²) in [6.45, 7) is 3.92. The van der Waals surface area contributed by atoms with Crippen molar-refractivity contribution < 1.29 is 14.4 Å². The molecule has 8 rings (SSSR count). The van der Waals surface area contributed by atoms with E-state index in [-0.39, 0.29) is 23.6 Å². The molecule has 6 heteroatoms. The van der Waals surface area contributed by atoms with E-state index in [0.717, 1.165) is 33.4 Å². The van der Waals surface area contributed by atoms with Crippen LogP contribution in [0.25, 0.3) is 0 Å². The van der Waals surface area contributed by atoms with Crippen LogP contribution in [0.1, 0.15) is 49.7 Å². The van der Waals surface area contributed by atoms with Crippen LogP contribution >= 0.6 is 0 Å². The Bertz CT molecular complexity index is 1700. The van der Waals surface area contributed by atoms with E-state index in [0.29, 0.717) is 11.3 Å². The van der Waals surface area contributed by atoms with Gasteiger partial charge in [-0.2, -0.15) is 5.10 Å². The summed E-state index contributed by atoms with van der Waals surface area (Å²) < 4.78 is 0. The van der Waals surface area contributed by atoms with Gasteiger partial charge in [-0.1, -0.05) is 84.4 Å². The SMILES string of the molecule is Cc1ccc(N2C(=O)[C@@H]3[C@@H](C2=O)C2c4ccccc4C3(/C=N\NC(=O)c3ccccc3)c3ccccc32)c(C)c1. The lowest BCUT2D eigenvalue weighted by Gasteiger charge is -2.52. The summed E-state index contributed by atoms with van der Waals surface area (Å²) in [6.07, 6.45) is 1.69. The number of hydrogen-bond donors (Lipinski definition) is 1. The molecule has 2 bridgehead atoms. The van der Waals surface area contributed by atoms with Gasteiger partial charge in [-0.15, -0.1) is 0 Å². The molecule has 3 amide bonds. The van der Waals surface area contributed by atoms with Crippen LogP contribution in [-0.2, 0) is 15.0 Å². The number of hydrogen-bond acceptors (Lipinski definition) is 4. The van der Waals surface area contributed by atoms with E-state index in [1.165, 1.54) is 4.90 Å². The van der Waals surface area contributed by atoms with E-state index in [4.69, 9.17) is 0 Å². The van der Waals surface area contributed by atoms with Crippen molar-refractivity contribution in [2.45, 2.75) is 25.2 Å². The van der Waals surface area contributed by atoms with E-state index in [1.807, 2.05) is 74.5 Å². The second-order valence-electron chi connectivity index (χ2n) is 10.9. The molecule has 1 fully saturated rings. The Kier molecular flexibility index (Phi) is 5.36. The van der Waals surface area contributed by atoms with Crippen LogP contribution < -0.4 is 10.3 Å². The first kappa shape index (κ1) is 24.2. The lowest BCUT2D eigenvalue weighted by molar-refractivity contribution is -0.122. The molecule has 4 aromatic carbocycles. The third kappa shape index (κ3) is 3.22. The lowest BCUT2D eigenvalue weighted by Crippen LogP contribution is -2.54. The van der Waals surface area contributed by atoms with Crippen molar-refractivity contribution in [3.63, 3.8) is 0 Å². The monoisotopic (exact) mass is 525 g/mol. The second-order valence-corrected chi connectivity index (χ2v) is 10.9. The van der Waals surface area contributed by atoms with Gasteiger partial charge in [0.1, 0.15) is 0 Å². The van der Waals surface area contributed by atoms with Gasteiger partial charge in [-0.25, -0.2) is 10.3 Å². The van der Waals surface area contributed by atoms with Crippen LogP contribution in [0.4, 0.5) is 5.69 Å². The summed E-state index contributed by atoms with van der Waals surface area (Å²) >= 11 is 0. The zero-order valence-electron chi connectivity index (χ0n) is 22.2. The highest BCUT2D eigenvalue weighted by Crippen LogP contribution is 2.63. The van der Waals surface area contributed by atoms with Gasteiger partial charge in [-0.05, 0) is 59.9 Å². The molecule has 0 unspecified atom stereocenters. The van der Waals surface area contributed by atoms with Gasteiger partial charge in [0.25, 0.3) is 5.91 Å². The molecule has 0 radical (unpaired) electrons. The summed E-state index contributed by atoms with van der Waals surface area (Å²) in [6, 6.07) is 30.7. The Morgan fingerprint density at radius 1 is 0.825 bits per heavy atom. The smallest absolute Gasteiger partial charge is 0.271 e. The van der Waals surface area contributed by atoms with E-state index in [1.54, 1.807) is 30.5 Å². The first-order valence-corrected chi connectivity index (χ1v) is 13.5. The van der Waals surface area contributed by atoms with E-state index < -0.39 is 17.3 Å². The fourth-order valence-electron chi connectivity index (χ4n) is 7.19. The molecule has 3 aliphatic carbocycles. The highest BCUT2D eigenvalue weighted by atomic mass is 16.2. The van der Waals surface area contributed by atoms with Crippen molar-refractivity contribution >= 4 is 29.6 Å². The number of rotatable bonds is 4. The Morgan fingerprint density at radius 2 is 1.45 bits per heavy atom. The van der Waals surface area contributed by atoms with Crippen molar-refractivity contribution in [2.24, 2.45) is 16.9 Å². The minimum atomic E-state index is -1.03. The van der Waals surface area contributed by atoms with Crippen molar-refractivity contribution in [3.8, 4) is 0 Å². The van der Waals surface area contributed by atoms with Gasteiger partial charge in [-0.3, -0.25) is 14.4 Å². The van der Waals surface area contributed by atoms with Crippen molar-refractivity contribution in [3.05, 3.63) is 136 Å². The zero-order valence-corrected chi connectivity index (χ0v) is 22.2. The molecule has 196 valence electrons. The largest absolute Gasteiger partial charge is 0.274 e. The Balaban J connectivity index is 1.42. The molecule has 6 nitrogen and oxygen atoms in total. The Hall–Kier alpha value is -4.84. The molecular formula is C34H27N3O3. The van der Waals surface area contributed by atoms with Crippen LogP contribution in [0.3, 0.4) is 0 Å². The summed E-state index contributed by atoms with van der Waals surface area (Å²) in [7, 11) is 0. The molecule has 1 aliphatic heterocycles. The van der Waals surface area contributed by atoms with Gasteiger partial charge in [0.2, 0.25) is 11.8 Å². The molecule has 4 aromatic rings. The maximum atomic E-state index is 14.5. The van der Waals surface area contributed by atoms with Crippen LogP contribution in [0.2, 0.25) is 0 Å². The number of aryl methyl sites for hydroxylation is 2. The number of carbonyl (C=O) groups is 3. The predicted molar refractivity (Wildman–Crippen MR) is 153 cm³/mol. The molecule has 2 atom stereocenters. The van der Waals surface area contributed by atoms with Crippen molar-refractivity contribution in [2.75, 3.05) is 4.90 Å². The maximum Gasteiger partial charge on any atom is 0.271 e. The second kappa shape index (κ2) is 8.85. The van der Waals surface area contributed by atoms with E-state index in [9.17, 15) is 14.4 Å². The summed E-state index contributed by atoms with van der Waals surface area (Å²) in [5.74, 6) is -2.32. The van der Waals surface area contributed by atoms with Crippen LogP contribution in [0, 0.1) is 25.7 Å². The summed E-state index contributed by atoms with van der Waals surface area (Å²) in [5.41, 5.74) is 8.61. The molecular weight excluding hydrogens is 498 g/mol. The normalized spacial score (nSPS) is 24.1. The molecule has 0 spiro atoms. The number of nitrogens with zero attached hydrogens (tertiary/aromatic N) is 2. The van der Waals surface area contributed by atoms with Crippen molar-refractivity contribution in [1.82, 2.24) is 5.43 Å². The number of hydrazone groups is 1. The average molecular weight is 526 g/mol. The molecule has 1 N–H and O–H groups in total. The third-order valence-electron chi connectivity index (χ3n) is 8.75. The molecule has 0 aromatic heterocycles. The van der Waals surface area contributed by atoms with Crippen LogP contribution in [0.15, 0.2) is 102 Å². The number of imide groups is 1. The molecule has 4 aliphatic rings. The van der Waals surface area contributed by atoms with Crippen LogP contribution in [-0.4, -0.2) is 23.9 Å². The molecule has 1 saturated heterocycles. The Labute approximate surface area is 232 Å². The molecule has 40 heavy (non-hydrogen) atoms. The predicted octanol–water partition coefficient (Wildman–Crippen LogP) is 5.27. The minimum absolute atomic E-state index is 0.193. The summed E-state index contributed by atoms with van der Waals surface area (Å²) in [4.78, 5) is 43.0. The van der Waals surface area contributed by atoms with E-state index in [2.05, 4.69) is 22.7 Å². The maximum absolute atomic E-state index is 14.5. The van der Waals surface area contributed by atoms with Crippen LogP contribution in [0.5, 0.6) is 0 Å². The van der Waals surface area contributed by atoms with Gasteiger partial charge < -0.3 is 0 Å². The quantitative estimate of drug-likeness (QED) is 0.224. The number of anilines is 1. The molecule has 1 heterocycles. The molecule has 0 saturated carbocycles. The first-order chi connectivity index (χ1) is 19.4.